The molecule has 1 aliphatic heterocycles. The number of hydrogen-bond donors (Lipinski definition) is 2. The normalized spacial score (nSPS) is 18.5. The van der Waals surface area contributed by atoms with Crippen molar-refractivity contribution in [2.24, 2.45) is 5.73 Å². The van der Waals surface area contributed by atoms with Gasteiger partial charge in [0.05, 0.1) is 4.92 Å². The summed E-state index contributed by atoms with van der Waals surface area (Å²) in [4.78, 5) is 21.3. The van der Waals surface area contributed by atoms with Crippen LogP contribution in [0.5, 0.6) is 0 Å². The highest BCUT2D eigenvalue weighted by molar-refractivity contribution is 6.33. The van der Waals surface area contributed by atoms with Crippen LogP contribution in [0.25, 0.3) is 0 Å². The molecule has 1 aliphatic rings. The van der Waals surface area contributed by atoms with Crippen molar-refractivity contribution in [3.05, 3.63) is 32.8 Å². The van der Waals surface area contributed by atoms with E-state index in [1.165, 1.54) is 12.1 Å². The first kappa shape index (κ1) is 9.88. The van der Waals surface area contributed by atoms with Crippen LogP contribution in [-0.2, 0) is 4.79 Å². The monoisotopic (exact) mass is 227 g/mol. The van der Waals surface area contributed by atoms with Crippen molar-refractivity contribution < 1.29 is 9.72 Å². The van der Waals surface area contributed by atoms with Crippen LogP contribution >= 0.6 is 11.6 Å². The van der Waals surface area contributed by atoms with Crippen molar-refractivity contribution >= 4 is 28.9 Å². The molecule has 1 unspecified atom stereocenters. The predicted octanol–water partition coefficient (Wildman–Crippen LogP) is 1.20. The average molecular weight is 228 g/mol. The van der Waals surface area contributed by atoms with Crippen LogP contribution in [0.2, 0.25) is 5.02 Å². The van der Waals surface area contributed by atoms with Gasteiger partial charge in [-0.1, -0.05) is 11.6 Å². The molecule has 0 bridgehead atoms. The zero-order chi connectivity index (χ0) is 11.2. The van der Waals surface area contributed by atoms with Gasteiger partial charge in [0.2, 0.25) is 5.91 Å². The van der Waals surface area contributed by atoms with Crippen molar-refractivity contribution in [2.45, 2.75) is 6.04 Å². The lowest BCUT2D eigenvalue weighted by Crippen LogP contribution is -2.19. The molecule has 0 fully saturated rings. The third kappa shape index (κ3) is 1.34. The fourth-order valence-electron chi connectivity index (χ4n) is 1.50. The summed E-state index contributed by atoms with van der Waals surface area (Å²) in [7, 11) is 0. The number of hydrogen-bond acceptors (Lipinski definition) is 4. The first-order valence-electron chi connectivity index (χ1n) is 4.05. The molecule has 78 valence electrons. The van der Waals surface area contributed by atoms with Gasteiger partial charge in [-0.15, -0.1) is 0 Å². The zero-order valence-corrected chi connectivity index (χ0v) is 8.12. The van der Waals surface area contributed by atoms with E-state index in [1.807, 2.05) is 0 Å². The molecule has 1 amide bonds. The first-order chi connectivity index (χ1) is 7.02. The van der Waals surface area contributed by atoms with Crippen LogP contribution in [0.15, 0.2) is 12.1 Å². The van der Waals surface area contributed by atoms with Gasteiger partial charge in [0.15, 0.2) is 0 Å². The van der Waals surface area contributed by atoms with E-state index >= 15 is 0 Å². The van der Waals surface area contributed by atoms with E-state index < -0.39 is 16.9 Å². The summed E-state index contributed by atoms with van der Waals surface area (Å²) >= 11 is 5.81. The minimum atomic E-state index is -0.938. The molecule has 7 heteroatoms. The predicted molar refractivity (Wildman–Crippen MR) is 53.7 cm³/mol. The molecule has 0 saturated heterocycles. The molecule has 0 aliphatic carbocycles. The van der Waals surface area contributed by atoms with E-state index in [2.05, 4.69) is 5.32 Å². The molecule has 0 radical (unpaired) electrons. The summed E-state index contributed by atoms with van der Waals surface area (Å²) < 4.78 is 0. The Morgan fingerprint density at radius 2 is 2.20 bits per heavy atom. The number of halogens is 1. The van der Waals surface area contributed by atoms with Crippen molar-refractivity contribution in [2.75, 3.05) is 5.32 Å². The Labute approximate surface area is 89.2 Å². The molecule has 3 N–H and O–H groups in total. The molecule has 2 rings (SSSR count). The fraction of sp³-hybridized carbons (Fsp3) is 0.125. The van der Waals surface area contributed by atoms with E-state index in [9.17, 15) is 14.9 Å². The van der Waals surface area contributed by atoms with Crippen molar-refractivity contribution in [3.63, 3.8) is 0 Å². The number of rotatable bonds is 1. The van der Waals surface area contributed by atoms with Crippen LogP contribution in [0.1, 0.15) is 11.6 Å². The molecule has 0 spiro atoms. The molecular formula is C8H6ClN3O3. The lowest BCUT2D eigenvalue weighted by atomic mass is 10.1. The minimum absolute atomic E-state index is 0.102. The average Bonchev–Trinajstić information content (AvgIpc) is 2.44. The first-order valence-corrected chi connectivity index (χ1v) is 4.43. The standard InChI is InChI=1S/C8H6ClN3O3/c9-3-1-2-4(12(14)15)7-5(3)6(10)8(13)11-7/h1-2,6H,10H2,(H,11,13). The Balaban J connectivity index is 2.69. The summed E-state index contributed by atoms with van der Waals surface area (Å²) in [5, 5.41) is 13.3. The SMILES string of the molecule is NC1C(=O)Nc2c([N+](=O)[O-])ccc(Cl)c21. The quantitative estimate of drug-likeness (QED) is 0.556. The van der Waals surface area contributed by atoms with E-state index in [4.69, 9.17) is 17.3 Å². The Bertz CT molecular complexity index is 474. The molecule has 6 nitrogen and oxygen atoms in total. The number of amides is 1. The van der Waals surface area contributed by atoms with Crippen LogP contribution in [0.4, 0.5) is 11.4 Å². The summed E-state index contributed by atoms with van der Waals surface area (Å²) in [5.74, 6) is -0.485. The van der Waals surface area contributed by atoms with Crippen LogP contribution in [-0.4, -0.2) is 10.8 Å². The van der Waals surface area contributed by atoms with E-state index in [0.717, 1.165) is 0 Å². The Kier molecular flexibility index (Phi) is 2.09. The molecular weight excluding hydrogens is 222 g/mol. The lowest BCUT2D eigenvalue weighted by Gasteiger charge is -2.03. The number of anilines is 1. The second kappa shape index (κ2) is 3.18. The highest BCUT2D eigenvalue weighted by Crippen LogP contribution is 2.41. The highest BCUT2D eigenvalue weighted by atomic mass is 35.5. The summed E-state index contributed by atoms with van der Waals surface area (Å²) in [5.41, 5.74) is 5.73. The largest absolute Gasteiger partial charge is 0.318 e. The van der Waals surface area contributed by atoms with Crippen LogP contribution < -0.4 is 11.1 Å². The smallest absolute Gasteiger partial charge is 0.293 e. The minimum Gasteiger partial charge on any atom is -0.318 e. The van der Waals surface area contributed by atoms with Crippen LogP contribution in [0, 0.1) is 10.1 Å². The summed E-state index contributed by atoms with van der Waals surface area (Å²) in [6.45, 7) is 0. The van der Waals surface area contributed by atoms with Gasteiger partial charge < -0.3 is 11.1 Å². The Hall–Kier alpha value is -1.66. The van der Waals surface area contributed by atoms with Gasteiger partial charge in [-0.25, -0.2) is 0 Å². The second-order valence-electron chi connectivity index (χ2n) is 3.08. The number of nitrogens with two attached hydrogens (primary N) is 1. The lowest BCUT2D eigenvalue weighted by molar-refractivity contribution is -0.383. The third-order valence-electron chi connectivity index (χ3n) is 2.21. The zero-order valence-electron chi connectivity index (χ0n) is 7.36. The third-order valence-corrected chi connectivity index (χ3v) is 2.54. The molecule has 0 saturated carbocycles. The molecule has 1 heterocycles. The van der Waals surface area contributed by atoms with Gasteiger partial charge >= 0.3 is 0 Å². The maximum Gasteiger partial charge on any atom is 0.293 e. The number of nitro benzene ring substituents is 1. The van der Waals surface area contributed by atoms with Crippen molar-refractivity contribution in [1.82, 2.24) is 0 Å². The summed E-state index contributed by atoms with van der Waals surface area (Å²) in [6.07, 6.45) is 0. The van der Waals surface area contributed by atoms with Gasteiger partial charge in [-0.05, 0) is 6.07 Å². The molecule has 0 aromatic heterocycles. The van der Waals surface area contributed by atoms with E-state index in [1.54, 1.807) is 0 Å². The van der Waals surface area contributed by atoms with Gasteiger partial charge in [0.25, 0.3) is 5.69 Å². The topological polar surface area (TPSA) is 98.3 Å². The number of nitro groups is 1. The molecule has 15 heavy (non-hydrogen) atoms. The van der Waals surface area contributed by atoms with Gasteiger partial charge in [0, 0.05) is 16.7 Å². The number of nitrogens with zero attached hydrogens (tertiary/aromatic N) is 1. The number of carbonyl (C=O) groups is 1. The van der Waals surface area contributed by atoms with E-state index in [0.29, 0.717) is 0 Å². The Morgan fingerprint density at radius 3 is 2.80 bits per heavy atom. The van der Waals surface area contributed by atoms with Crippen LogP contribution in [0.3, 0.4) is 0 Å². The van der Waals surface area contributed by atoms with Gasteiger partial charge in [0.1, 0.15) is 11.7 Å². The summed E-state index contributed by atoms with van der Waals surface area (Å²) in [6, 6.07) is 1.66. The van der Waals surface area contributed by atoms with Crippen molar-refractivity contribution in [1.29, 1.82) is 0 Å². The number of nitrogens with one attached hydrogen (secondary N) is 1. The number of fused-ring (bicyclic) bond motifs is 1. The maximum absolute atomic E-state index is 11.2. The molecule has 1 atom stereocenters. The van der Waals surface area contributed by atoms with Gasteiger partial charge in [-0.2, -0.15) is 0 Å². The molecule has 1 aromatic rings. The maximum atomic E-state index is 11.2. The highest BCUT2D eigenvalue weighted by Gasteiger charge is 2.35. The fourth-order valence-corrected chi connectivity index (χ4v) is 1.78. The van der Waals surface area contributed by atoms with Gasteiger partial charge in [-0.3, -0.25) is 14.9 Å². The molecule has 1 aromatic carbocycles. The second-order valence-corrected chi connectivity index (χ2v) is 3.49. The number of carbonyl (C=O) groups excluding carboxylic acids is 1. The van der Waals surface area contributed by atoms with Crippen molar-refractivity contribution in [3.8, 4) is 0 Å². The number of benzene rings is 1. The Morgan fingerprint density at radius 1 is 1.53 bits per heavy atom. The van der Waals surface area contributed by atoms with E-state index in [-0.39, 0.29) is 22.0 Å².